The third-order valence-corrected chi connectivity index (χ3v) is 3.95. The Balaban J connectivity index is 1.90. The van der Waals surface area contributed by atoms with Crippen LogP contribution in [0.2, 0.25) is 5.02 Å². The summed E-state index contributed by atoms with van der Waals surface area (Å²) in [5, 5.41) is 24.1. The van der Waals surface area contributed by atoms with Gasteiger partial charge in [-0.2, -0.15) is 10.4 Å². The van der Waals surface area contributed by atoms with Gasteiger partial charge in [-0.15, -0.1) is 0 Å². The lowest BCUT2D eigenvalue weighted by Crippen LogP contribution is -2.16. The van der Waals surface area contributed by atoms with Crippen molar-refractivity contribution < 1.29 is 4.92 Å². The molecule has 138 valence electrons. The molecule has 0 aliphatic rings. The quantitative estimate of drug-likeness (QED) is 0.387. The highest BCUT2D eigenvalue weighted by Gasteiger charge is 2.13. The lowest BCUT2D eigenvalue weighted by atomic mass is 10.1. The van der Waals surface area contributed by atoms with Crippen molar-refractivity contribution in [3.8, 4) is 17.3 Å². The monoisotopic (exact) mass is 394 g/mol. The Labute approximate surface area is 163 Å². The third kappa shape index (κ3) is 4.03. The Morgan fingerprint density at radius 1 is 1.29 bits per heavy atom. The van der Waals surface area contributed by atoms with Crippen molar-refractivity contribution in [1.29, 1.82) is 5.26 Å². The first-order chi connectivity index (χ1) is 13.5. The molecule has 1 heterocycles. The molecule has 0 saturated heterocycles. The molecule has 1 aromatic heterocycles. The van der Waals surface area contributed by atoms with E-state index in [-0.39, 0.29) is 27.9 Å². The van der Waals surface area contributed by atoms with Gasteiger partial charge in [0.25, 0.3) is 11.2 Å². The number of anilines is 1. The van der Waals surface area contributed by atoms with Gasteiger partial charge in [-0.3, -0.25) is 19.9 Å². The van der Waals surface area contributed by atoms with E-state index in [9.17, 15) is 20.2 Å². The molecular weight excluding hydrogens is 384 g/mol. The summed E-state index contributed by atoms with van der Waals surface area (Å²) >= 11 is 5.76. The Hall–Kier alpha value is -4.03. The van der Waals surface area contributed by atoms with Crippen LogP contribution in [0.5, 0.6) is 0 Å². The maximum absolute atomic E-state index is 12.2. The number of rotatable bonds is 5. The Kier molecular flexibility index (Phi) is 5.43. The molecule has 0 amide bonds. The first-order valence-electron chi connectivity index (χ1n) is 7.82. The second-order valence-corrected chi connectivity index (χ2v) is 5.86. The predicted octanol–water partition coefficient (Wildman–Crippen LogP) is 3.32. The number of aromatic amines is 1. The molecule has 0 unspecified atom stereocenters. The van der Waals surface area contributed by atoms with Gasteiger partial charge in [0.05, 0.1) is 16.8 Å². The maximum Gasteiger partial charge on any atom is 0.288 e. The van der Waals surface area contributed by atoms with Gasteiger partial charge in [0.2, 0.25) is 5.95 Å². The molecule has 10 heteroatoms. The average molecular weight is 395 g/mol. The summed E-state index contributed by atoms with van der Waals surface area (Å²) in [4.78, 5) is 29.1. The predicted molar refractivity (Wildman–Crippen MR) is 104 cm³/mol. The average Bonchev–Trinajstić information content (AvgIpc) is 2.69. The number of nitriles is 1. The van der Waals surface area contributed by atoms with Crippen LogP contribution in [0.4, 0.5) is 11.6 Å². The van der Waals surface area contributed by atoms with Gasteiger partial charge >= 0.3 is 0 Å². The fourth-order valence-corrected chi connectivity index (χ4v) is 2.54. The SMILES string of the molecule is N#Cc1c(-c2ccccc2)nc(NN=Cc2ccc(Cl)c([N+](=O)[O-])c2)[nH]c1=O. The number of hydrazone groups is 1. The van der Waals surface area contributed by atoms with Crippen molar-refractivity contribution in [2.24, 2.45) is 5.10 Å². The minimum atomic E-state index is -0.615. The fraction of sp³-hybridized carbons (Fsp3) is 0. The van der Waals surface area contributed by atoms with Gasteiger partial charge in [-0.1, -0.05) is 48.0 Å². The zero-order chi connectivity index (χ0) is 20.1. The Bertz CT molecular complexity index is 1170. The number of hydrogen-bond donors (Lipinski definition) is 2. The zero-order valence-corrected chi connectivity index (χ0v) is 14.8. The van der Waals surface area contributed by atoms with E-state index in [2.05, 4.69) is 20.5 Å². The fourth-order valence-electron chi connectivity index (χ4n) is 2.35. The lowest BCUT2D eigenvalue weighted by molar-refractivity contribution is -0.384. The number of hydrogen-bond acceptors (Lipinski definition) is 7. The molecule has 2 aromatic carbocycles. The standard InChI is InChI=1S/C18H11ClN6O3/c19-14-7-6-11(8-15(14)25(27)28)10-21-24-18-22-16(12-4-2-1-3-5-12)13(9-20)17(26)23-18/h1-8,10H,(H2,22,23,24,26). The van der Waals surface area contributed by atoms with Gasteiger partial charge in [0.1, 0.15) is 16.7 Å². The molecule has 0 aliphatic heterocycles. The summed E-state index contributed by atoms with van der Waals surface area (Å²) in [6, 6.07) is 14.8. The summed E-state index contributed by atoms with van der Waals surface area (Å²) in [5.74, 6) is 0.0163. The largest absolute Gasteiger partial charge is 0.290 e. The molecule has 9 nitrogen and oxygen atoms in total. The smallest absolute Gasteiger partial charge is 0.288 e. The molecule has 0 saturated carbocycles. The van der Waals surface area contributed by atoms with E-state index >= 15 is 0 Å². The van der Waals surface area contributed by atoms with Crippen LogP contribution in [-0.4, -0.2) is 21.1 Å². The van der Waals surface area contributed by atoms with Crippen molar-refractivity contribution in [2.45, 2.75) is 0 Å². The van der Waals surface area contributed by atoms with E-state index in [1.165, 1.54) is 18.3 Å². The van der Waals surface area contributed by atoms with Crippen LogP contribution in [0.25, 0.3) is 11.3 Å². The van der Waals surface area contributed by atoms with Crippen molar-refractivity contribution in [1.82, 2.24) is 9.97 Å². The van der Waals surface area contributed by atoms with Gasteiger partial charge < -0.3 is 0 Å². The summed E-state index contributed by atoms with van der Waals surface area (Å²) < 4.78 is 0. The molecule has 2 N–H and O–H groups in total. The number of nitro benzene ring substituents is 1. The lowest BCUT2D eigenvalue weighted by Gasteiger charge is -2.06. The van der Waals surface area contributed by atoms with Gasteiger partial charge in [-0.05, 0) is 6.07 Å². The van der Waals surface area contributed by atoms with Crippen LogP contribution in [0.3, 0.4) is 0 Å². The Morgan fingerprint density at radius 3 is 2.71 bits per heavy atom. The van der Waals surface area contributed by atoms with E-state index in [4.69, 9.17) is 11.6 Å². The molecule has 3 aromatic rings. The van der Waals surface area contributed by atoms with Crippen LogP contribution in [-0.2, 0) is 0 Å². The second-order valence-electron chi connectivity index (χ2n) is 5.45. The number of aromatic nitrogens is 2. The number of halogens is 1. The van der Waals surface area contributed by atoms with E-state index in [1.807, 2.05) is 6.07 Å². The van der Waals surface area contributed by atoms with Crippen LogP contribution in [0, 0.1) is 21.4 Å². The van der Waals surface area contributed by atoms with Crippen LogP contribution in [0.1, 0.15) is 11.1 Å². The van der Waals surface area contributed by atoms with Crippen LogP contribution >= 0.6 is 11.6 Å². The van der Waals surface area contributed by atoms with Gasteiger partial charge in [-0.25, -0.2) is 10.4 Å². The first-order valence-corrected chi connectivity index (χ1v) is 8.20. The molecule has 3 rings (SSSR count). The van der Waals surface area contributed by atoms with Crippen molar-refractivity contribution in [3.05, 3.63) is 85.1 Å². The normalized spacial score (nSPS) is 10.6. The van der Waals surface area contributed by atoms with Gasteiger partial charge in [0, 0.05) is 17.2 Å². The highest BCUT2D eigenvalue weighted by Crippen LogP contribution is 2.24. The van der Waals surface area contributed by atoms with Crippen molar-refractivity contribution >= 4 is 29.5 Å². The molecule has 28 heavy (non-hydrogen) atoms. The summed E-state index contributed by atoms with van der Waals surface area (Å²) in [5.41, 5.74) is 2.81. The van der Waals surface area contributed by atoms with E-state index < -0.39 is 10.5 Å². The van der Waals surface area contributed by atoms with Crippen LogP contribution in [0.15, 0.2) is 58.4 Å². The topological polar surface area (TPSA) is 137 Å². The Morgan fingerprint density at radius 2 is 2.04 bits per heavy atom. The third-order valence-electron chi connectivity index (χ3n) is 3.63. The highest BCUT2D eigenvalue weighted by atomic mass is 35.5. The molecule has 0 radical (unpaired) electrons. The second kappa shape index (κ2) is 8.11. The number of benzene rings is 2. The molecule has 0 atom stereocenters. The minimum Gasteiger partial charge on any atom is -0.290 e. The maximum atomic E-state index is 12.2. The number of nitrogens with zero attached hydrogens (tertiary/aromatic N) is 4. The molecule has 0 bridgehead atoms. The first kappa shape index (κ1) is 18.8. The van der Waals surface area contributed by atoms with E-state index in [0.29, 0.717) is 11.1 Å². The summed E-state index contributed by atoms with van der Waals surface area (Å²) in [7, 11) is 0. The van der Waals surface area contributed by atoms with Gasteiger partial charge in [0.15, 0.2) is 0 Å². The van der Waals surface area contributed by atoms with Crippen LogP contribution < -0.4 is 11.0 Å². The zero-order valence-electron chi connectivity index (χ0n) is 14.1. The molecular formula is C18H11ClN6O3. The molecule has 0 spiro atoms. The minimum absolute atomic E-state index is 0.0145. The van der Waals surface area contributed by atoms with Crippen molar-refractivity contribution in [2.75, 3.05) is 5.43 Å². The molecule has 0 aliphatic carbocycles. The highest BCUT2D eigenvalue weighted by molar-refractivity contribution is 6.32. The number of nitrogens with one attached hydrogen (secondary N) is 2. The summed E-state index contributed by atoms with van der Waals surface area (Å²) in [6.07, 6.45) is 1.31. The van der Waals surface area contributed by atoms with Crippen molar-refractivity contribution in [3.63, 3.8) is 0 Å². The molecule has 0 fully saturated rings. The number of nitro groups is 1. The number of H-pyrrole nitrogens is 1. The summed E-state index contributed by atoms with van der Waals surface area (Å²) in [6.45, 7) is 0. The van der Waals surface area contributed by atoms with E-state index in [0.717, 1.165) is 0 Å². The van der Waals surface area contributed by atoms with E-state index in [1.54, 1.807) is 36.4 Å².